The van der Waals surface area contributed by atoms with E-state index in [1.54, 1.807) is 24.6 Å². The Morgan fingerprint density at radius 1 is 1.37 bits per heavy atom. The highest BCUT2D eigenvalue weighted by atomic mass is 32.1. The largest absolute Gasteiger partial charge is 0.372 e. The molecule has 0 fully saturated rings. The van der Waals surface area contributed by atoms with E-state index in [1.807, 2.05) is 12.3 Å². The molecule has 0 saturated heterocycles. The number of thiazole rings is 1. The van der Waals surface area contributed by atoms with Crippen LogP contribution in [-0.2, 0) is 0 Å². The Kier molecular flexibility index (Phi) is 4.40. The Morgan fingerprint density at radius 2 is 2.21 bits per heavy atom. The molecule has 6 nitrogen and oxygen atoms in total. The lowest BCUT2D eigenvalue weighted by Gasteiger charge is -2.09. The zero-order valence-corrected chi connectivity index (χ0v) is 11.6. The van der Waals surface area contributed by atoms with Gasteiger partial charge in [-0.05, 0) is 0 Å². The molecule has 2 rings (SSSR count). The summed E-state index contributed by atoms with van der Waals surface area (Å²) in [6.45, 7) is 2.55. The fraction of sp³-hybridized carbons (Fsp3) is 0.333. The van der Waals surface area contributed by atoms with E-state index in [-0.39, 0.29) is 11.8 Å². The van der Waals surface area contributed by atoms with Crippen LogP contribution in [0.2, 0.25) is 0 Å². The molecule has 0 bridgehead atoms. The van der Waals surface area contributed by atoms with Gasteiger partial charge in [-0.2, -0.15) is 0 Å². The summed E-state index contributed by atoms with van der Waals surface area (Å²) in [4.78, 5) is 24.2. The SMILES string of the molecule is CNc1cnc(C(=O)NCC(C)c2nccs2)cn1. The van der Waals surface area contributed by atoms with Crippen molar-refractivity contribution in [2.75, 3.05) is 18.9 Å². The standard InChI is InChI=1S/C12H15N5OS/c1-8(12-14-3-4-19-12)5-17-11(18)9-6-16-10(13-2)7-15-9/h3-4,6-8H,5H2,1-2H3,(H,13,16)(H,17,18). The van der Waals surface area contributed by atoms with Gasteiger partial charge in [-0.3, -0.25) is 4.79 Å². The quantitative estimate of drug-likeness (QED) is 0.866. The van der Waals surface area contributed by atoms with Gasteiger partial charge in [0.2, 0.25) is 0 Å². The first-order valence-electron chi connectivity index (χ1n) is 5.88. The lowest BCUT2D eigenvalue weighted by atomic mass is 10.2. The molecule has 1 atom stereocenters. The second kappa shape index (κ2) is 6.24. The highest BCUT2D eigenvalue weighted by Crippen LogP contribution is 2.16. The lowest BCUT2D eigenvalue weighted by Crippen LogP contribution is -2.28. The Morgan fingerprint density at radius 3 is 2.79 bits per heavy atom. The average molecular weight is 277 g/mol. The fourth-order valence-electron chi connectivity index (χ4n) is 1.48. The van der Waals surface area contributed by atoms with E-state index in [2.05, 4.69) is 25.6 Å². The number of carbonyl (C=O) groups is 1. The molecule has 19 heavy (non-hydrogen) atoms. The summed E-state index contributed by atoms with van der Waals surface area (Å²) >= 11 is 1.58. The van der Waals surface area contributed by atoms with Crippen LogP contribution in [0.25, 0.3) is 0 Å². The Hall–Kier alpha value is -2.02. The highest BCUT2D eigenvalue weighted by molar-refractivity contribution is 7.09. The minimum absolute atomic E-state index is 0.188. The molecule has 0 aliphatic carbocycles. The fourth-order valence-corrected chi connectivity index (χ4v) is 2.17. The predicted molar refractivity (Wildman–Crippen MR) is 74.4 cm³/mol. The minimum Gasteiger partial charge on any atom is -0.372 e. The maximum Gasteiger partial charge on any atom is 0.271 e. The van der Waals surface area contributed by atoms with Crippen LogP contribution in [0.5, 0.6) is 0 Å². The third kappa shape index (κ3) is 3.47. The molecule has 0 aliphatic heterocycles. The van der Waals surface area contributed by atoms with Gasteiger partial charge in [0, 0.05) is 31.1 Å². The smallest absolute Gasteiger partial charge is 0.271 e. The van der Waals surface area contributed by atoms with Crippen LogP contribution >= 0.6 is 11.3 Å². The first-order chi connectivity index (χ1) is 9.20. The molecule has 0 aromatic carbocycles. The topological polar surface area (TPSA) is 79.8 Å². The molecule has 0 radical (unpaired) electrons. The van der Waals surface area contributed by atoms with Crippen molar-refractivity contribution in [3.8, 4) is 0 Å². The summed E-state index contributed by atoms with van der Waals surface area (Å²) in [5.74, 6) is 0.597. The van der Waals surface area contributed by atoms with Gasteiger partial charge in [-0.15, -0.1) is 11.3 Å². The summed E-state index contributed by atoms with van der Waals surface area (Å²) in [6, 6.07) is 0. The van der Waals surface area contributed by atoms with Gasteiger partial charge in [0.05, 0.1) is 17.4 Å². The second-order valence-electron chi connectivity index (χ2n) is 4.02. The van der Waals surface area contributed by atoms with Crippen LogP contribution < -0.4 is 10.6 Å². The molecule has 0 aliphatic rings. The monoisotopic (exact) mass is 277 g/mol. The van der Waals surface area contributed by atoms with Gasteiger partial charge in [-0.25, -0.2) is 15.0 Å². The summed E-state index contributed by atoms with van der Waals surface area (Å²) in [6.07, 6.45) is 4.74. The van der Waals surface area contributed by atoms with E-state index in [9.17, 15) is 4.79 Å². The van der Waals surface area contributed by atoms with Gasteiger partial charge in [0.15, 0.2) is 0 Å². The predicted octanol–water partition coefficient (Wildman–Crippen LogP) is 1.51. The van der Waals surface area contributed by atoms with E-state index in [1.165, 1.54) is 12.4 Å². The molecule has 2 N–H and O–H groups in total. The first kappa shape index (κ1) is 13.4. The molecule has 2 aromatic heterocycles. The summed E-state index contributed by atoms with van der Waals surface area (Å²) in [7, 11) is 1.75. The molecule has 100 valence electrons. The van der Waals surface area contributed by atoms with Gasteiger partial charge in [0.25, 0.3) is 5.91 Å². The molecular formula is C12H15N5OS. The maximum atomic E-state index is 11.9. The van der Waals surface area contributed by atoms with Gasteiger partial charge < -0.3 is 10.6 Å². The van der Waals surface area contributed by atoms with Crippen LogP contribution in [0, 0.1) is 0 Å². The van der Waals surface area contributed by atoms with Crippen molar-refractivity contribution in [3.63, 3.8) is 0 Å². The number of carbonyl (C=O) groups excluding carboxylic acids is 1. The zero-order valence-electron chi connectivity index (χ0n) is 10.8. The van der Waals surface area contributed by atoms with E-state index < -0.39 is 0 Å². The minimum atomic E-state index is -0.224. The van der Waals surface area contributed by atoms with E-state index >= 15 is 0 Å². The van der Waals surface area contributed by atoms with Crippen molar-refractivity contribution >= 4 is 23.1 Å². The van der Waals surface area contributed by atoms with Crippen molar-refractivity contribution < 1.29 is 4.79 Å². The number of amides is 1. The van der Waals surface area contributed by atoms with Crippen LogP contribution in [0.15, 0.2) is 24.0 Å². The summed E-state index contributed by atoms with van der Waals surface area (Å²) < 4.78 is 0. The van der Waals surface area contributed by atoms with Crippen molar-refractivity contribution in [1.82, 2.24) is 20.3 Å². The molecule has 2 aromatic rings. The zero-order chi connectivity index (χ0) is 13.7. The summed E-state index contributed by atoms with van der Waals surface area (Å²) in [5, 5.41) is 8.62. The third-order valence-electron chi connectivity index (χ3n) is 2.58. The normalized spacial score (nSPS) is 11.9. The van der Waals surface area contributed by atoms with Crippen LogP contribution in [-0.4, -0.2) is 34.5 Å². The van der Waals surface area contributed by atoms with Crippen LogP contribution in [0.4, 0.5) is 5.82 Å². The number of hydrogen-bond acceptors (Lipinski definition) is 6. The van der Waals surface area contributed by atoms with Crippen LogP contribution in [0.3, 0.4) is 0 Å². The molecule has 1 unspecified atom stereocenters. The highest BCUT2D eigenvalue weighted by Gasteiger charge is 2.12. The Balaban J connectivity index is 1.90. The van der Waals surface area contributed by atoms with E-state index in [4.69, 9.17) is 0 Å². The molecular weight excluding hydrogens is 262 g/mol. The number of nitrogens with zero attached hydrogens (tertiary/aromatic N) is 3. The van der Waals surface area contributed by atoms with Crippen molar-refractivity contribution in [2.24, 2.45) is 0 Å². The lowest BCUT2D eigenvalue weighted by molar-refractivity contribution is 0.0946. The second-order valence-corrected chi connectivity index (χ2v) is 4.94. The van der Waals surface area contributed by atoms with E-state index in [0.29, 0.717) is 18.1 Å². The molecule has 0 saturated carbocycles. The molecule has 0 spiro atoms. The summed E-state index contributed by atoms with van der Waals surface area (Å²) in [5.41, 5.74) is 0.310. The van der Waals surface area contributed by atoms with Crippen molar-refractivity contribution in [2.45, 2.75) is 12.8 Å². The Labute approximate surface area is 115 Å². The Bertz CT molecular complexity index is 526. The molecule has 2 heterocycles. The number of aromatic nitrogens is 3. The van der Waals surface area contributed by atoms with Gasteiger partial charge >= 0.3 is 0 Å². The molecule has 7 heteroatoms. The number of anilines is 1. The van der Waals surface area contributed by atoms with Crippen molar-refractivity contribution in [1.29, 1.82) is 0 Å². The maximum absolute atomic E-state index is 11.9. The molecule has 1 amide bonds. The van der Waals surface area contributed by atoms with Gasteiger partial charge in [0.1, 0.15) is 11.5 Å². The number of hydrogen-bond donors (Lipinski definition) is 2. The van der Waals surface area contributed by atoms with Crippen molar-refractivity contribution in [3.05, 3.63) is 34.7 Å². The third-order valence-corrected chi connectivity index (χ3v) is 3.59. The van der Waals surface area contributed by atoms with E-state index in [0.717, 1.165) is 5.01 Å². The number of nitrogens with one attached hydrogen (secondary N) is 2. The first-order valence-corrected chi connectivity index (χ1v) is 6.76. The average Bonchev–Trinajstić information content (AvgIpc) is 2.98. The van der Waals surface area contributed by atoms with Crippen LogP contribution in [0.1, 0.15) is 28.3 Å². The van der Waals surface area contributed by atoms with Gasteiger partial charge in [-0.1, -0.05) is 6.92 Å². The number of rotatable bonds is 5.